The summed E-state index contributed by atoms with van der Waals surface area (Å²) in [7, 11) is 1.50. The lowest BCUT2D eigenvalue weighted by molar-refractivity contribution is -0.136. The van der Waals surface area contributed by atoms with Crippen molar-refractivity contribution < 1.29 is 18.0 Å². The third kappa shape index (κ3) is 5.90. The largest absolute Gasteiger partial charge is 0.417 e. The first-order chi connectivity index (χ1) is 16.3. The van der Waals surface area contributed by atoms with Gasteiger partial charge in [-0.25, -0.2) is 4.98 Å². The molecule has 1 aliphatic rings. The number of aromatic nitrogens is 2. The lowest BCUT2D eigenvalue weighted by Gasteiger charge is -2.21. The van der Waals surface area contributed by atoms with Crippen molar-refractivity contribution in [3.8, 4) is 0 Å². The second kappa shape index (κ2) is 11.8. The van der Waals surface area contributed by atoms with Gasteiger partial charge in [-0.15, -0.1) is 0 Å². The Hall–Kier alpha value is -3.92. The Balaban J connectivity index is 0.00000199. The highest BCUT2D eigenvalue weighted by Crippen LogP contribution is 2.36. The molecule has 1 aliphatic carbocycles. The molecule has 3 rings (SSSR count). The van der Waals surface area contributed by atoms with Gasteiger partial charge in [-0.3, -0.25) is 14.2 Å². The zero-order chi connectivity index (χ0) is 25.3. The van der Waals surface area contributed by atoms with E-state index in [0.29, 0.717) is 17.5 Å². The number of carbonyl (C=O) groups excluding carboxylic acids is 1. The van der Waals surface area contributed by atoms with Gasteiger partial charge < -0.3 is 16.4 Å². The molecule has 1 amide bonds. The number of nitrogens with two attached hydrogens (primary N) is 1. The number of fused-ring (bicyclic) bond motifs is 1. The molecule has 0 radical (unpaired) electrons. The first kappa shape index (κ1) is 26.3. The van der Waals surface area contributed by atoms with Crippen LogP contribution in [0.15, 0.2) is 71.7 Å². The minimum absolute atomic E-state index is 0.218. The van der Waals surface area contributed by atoms with Crippen LogP contribution in [-0.2, 0) is 11.0 Å². The van der Waals surface area contributed by atoms with Gasteiger partial charge >= 0.3 is 6.18 Å². The molecule has 0 aromatic carbocycles. The molecule has 0 aliphatic heterocycles. The summed E-state index contributed by atoms with van der Waals surface area (Å²) in [6, 6.07) is 1.75. The molecule has 0 bridgehead atoms. The van der Waals surface area contributed by atoms with Gasteiger partial charge in [0.2, 0.25) is 6.41 Å². The highest BCUT2D eigenvalue weighted by Gasteiger charge is 2.35. The van der Waals surface area contributed by atoms with Crippen LogP contribution in [0.2, 0.25) is 0 Å². The number of nitrogens with one attached hydrogen (secondary N) is 2. The van der Waals surface area contributed by atoms with E-state index in [9.17, 15) is 22.8 Å². The zero-order valence-electron chi connectivity index (χ0n) is 18.8. The summed E-state index contributed by atoms with van der Waals surface area (Å²) in [5.74, 6) is -0.115. The molecular formula is C24H26F3N5O2. The molecular weight excluding hydrogens is 447 g/mol. The van der Waals surface area contributed by atoms with Crippen LogP contribution in [0.5, 0.6) is 0 Å². The summed E-state index contributed by atoms with van der Waals surface area (Å²) in [5.41, 5.74) is 3.31. The van der Waals surface area contributed by atoms with Crippen molar-refractivity contribution in [2.75, 3.05) is 17.7 Å². The minimum Gasteiger partial charge on any atom is -0.341 e. The molecule has 2 heterocycles. The number of hydrogen-bond acceptors (Lipinski definition) is 5. The molecule has 2 aromatic heterocycles. The van der Waals surface area contributed by atoms with E-state index in [1.165, 1.54) is 17.7 Å². The van der Waals surface area contributed by atoms with Crippen molar-refractivity contribution in [1.82, 2.24) is 9.55 Å². The van der Waals surface area contributed by atoms with Gasteiger partial charge in [0, 0.05) is 17.5 Å². The predicted octanol–water partition coefficient (Wildman–Crippen LogP) is 4.81. The number of amides is 1. The number of nitrogens with zero attached hydrogens (tertiary/aromatic N) is 2. The highest BCUT2D eigenvalue weighted by molar-refractivity contribution is 5.89. The van der Waals surface area contributed by atoms with Crippen molar-refractivity contribution in [2.45, 2.75) is 25.9 Å². The van der Waals surface area contributed by atoms with Crippen LogP contribution in [0.3, 0.4) is 0 Å². The molecule has 180 valence electrons. The predicted molar refractivity (Wildman–Crippen MR) is 130 cm³/mol. The van der Waals surface area contributed by atoms with Crippen LogP contribution in [0.25, 0.3) is 16.7 Å². The van der Waals surface area contributed by atoms with Gasteiger partial charge in [0.25, 0.3) is 0 Å². The highest BCUT2D eigenvalue weighted by atomic mass is 19.4. The Morgan fingerprint density at radius 3 is 2.56 bits per heavy atom. The van der Waals surface area contributed by atoms with Crippen LogP contribution in [0.4, 0.5) is 24.8 Å². The fourth-order valence-corrected chi connectivity index (χ4v) is 3.37. The first-order valence-corrected chi connectivity index (χ1v) is 10.4. The van der Waals surface area contributed by atoms with Gasteiger partial charge in [-0.05, 0) is 51.1 Å². The second-order valence-electron chi connectivity index (χ2n) is 6.83. The van der Waals surface area contributed by atoms with E-state index in [-0.39, 0.29) is 23.7 Å². The van der Waals surface area contributed by atoms with Crippen molar-refractivity contribution >= 4 is 34.8 Å². The number of allylic oxidation sites excluding steroid dienone is 8. The first-order valence-electron chi connectivity index (χ1n) is 10.4. The summed E-state index contributed by atoms with van der Waals surface area (Å²) in [4.78, 5) is 28.0. The maximum Gasteiger partial charge on any atom is 0.417 e. The topological polar surface area (TPSA) is 102 Å². The lowest BCUT2D eigenvalue weighted by Crippen LogP contribution is -2.20. The van der Waals surface area contributed by atoms with E-state index in [4.69, 9.17) is 0 Å². The van der Waals surface area contributed by atoms with Gasteiger partial charge in [0.05, 0.1) is 10.9 Å². The smallest absolute Gasteiger partial charge is 0.341 e. The van der Waals surface area contributed by atoms with Crippen molar-refractivity contribution in [2.24, 2.45) is 5.73 Å². The summed E-state index contributed by atoms with van der Waals surface area (Å²) in [5, 5.41) is 4.66. The van der Waals surface area contributed by atoms with E-state index >= 15 is 0 Å². The number of pyridine rings is 2. The SMILES string of the molecule is C=C/C=C(\C=C/C)n1c(NC2=CCCC=C2)cc(=O)c2c(C(F)(F)F)cc(NC=O)nc21.CN. The van der Waals surface area contributed by atoms with Crippen molar-refractivity contribution in [3.05, 3.63) is 82.7 Å². The van der Waals surface area contributed by atoms with Gasteiger partial charge in [-0.1, -0.05) is 30.9 Å². The van der Waals surface area contributed by atoms with E-state index in [1.54, 1.807) is 25.2 Å². The van der Waals surface area contributed by atoms with Crippen LogP contribution >= 0.6 is 0 Å². The molecule has 0 unspecified atom stereocenters. The van der Waals surface area contributed by atoms with Gasteiger partial charge in [0.15, 0.2) is 11.1 Å². The Labute approximate surface area is 194 Å². The minimum atomic E-state index is -4.84. The normalized spacial score (nSPS) is 13.8. The Morgan fingerprint density at radius 2 is 2.00 bits per heavy atom. The second-order valence-corrected chi connectivity index (χ2v) is 6.83. The third-order valence-electron chi connectivity index (χ3n) is 4.63. The molecule has 10 heteroatoms. The zero-order valence-corrected chi connectivity index (χ0v) is 18.8. The van der Waals surface area contributed by atoms with Crippen molar-refractivity contribution in [1.29, 1.82) is 0 Å². The number of carbonyl (C=O) groups is 1. The fraction of sp³-hybridized carbons (Fsp3) is 0.208. The number of hydrogen-bond donors (Lipinski definition) is 3. The number of alkyl halides is 3. The van der Waals surface area contributed by atoms with Crippen molar-refractivity contribution in [3.63, 3.8) is 0 Å². The average Bonchev–Trinajstić information content (AvgIpc) is 2.80. The monoisotopic (exact) mass is 473 g/mol. The maximum atomic E-state index is 13.8. The Morgan fingerprint density at radius 1 is 1.26 bits per heavy atom. The standard InChI is InChI=1S/C23H21F3N4O2.CH5N/c1-3-8-16(9-4-2)30-20(28-15-10-6-5-7-11-15)13-18(32)21-17(23(24,25)26)12-19(27-14-31)29-22(21)30;1-2/h3-4,6,8-14,28H,1,5,7H2,2H3,(H,27,29,31);2H2,1H3/b9-4-,16-8+;. The average molecular weight is 473 g/mol. The number of halogens is 3. The molecule has 34 heavy (non-hydrogen) atoms. The molecule has 2 aromatic rings. The Kier molecular flexibility index (Phi) is 9.14. The van der Waals surface area contributed by atoms with Crippen LogP contribution in [0.1, 0.15) is 25.3 Å². The quantitative estimate of drug-likeness (QED) is 0.396. The number of rotatable bonds is 7. The third-order valence-corrected chi connectivity index (χ3v) is 4.63. The van der Waals surface area contributed by atoms with Crippen LogP contribution in [0, 0.1) is 0 Å². The molecule has 0 saturated carbocycles. The maximum absolute atomic E-state index is 13.8. The summed E-state index contributed by atoms with van der Waals surface area (Å²) >= 11 is 0. The molecule has 4 N–H and O–H groups in total. The lowest BCUT2D eigenvalue weighted by atomic mass is 10.1. The van der Waals surface area contributed by atoms with E-state index in [0.717, 1.165) is 18.9 Å². The number of anilines is 2. The molecule has 0 spiro atoms. The molecule has 0 fully saturated rings. The summed E-state index contributed by atoms with van der Waals surface area (Å²) in [6.07, 6.45) is 9.13. The van der Waals surface area contributed by atoms with Crippen LogP contribution < -0.4 is 21.8 Å². The van der Waals surface area contributed by atoms with E-state index in [2.05, 4.69) is 27.9 Å². The Bertz CT molecular complexity index is 1240. The van der Waals surface area contributed by atoms with E-state index in [1.807, 2.05) is 18.2 Å². The molecule has 0 atom stereocenters. The van der Waals surface area contributed by atoms with Gasteiger partial charge in [-0.2, -0.15) is 13.2 Å². The van der Waals surface area contributed by atoms with Crippen LogP contribution in [-0.4, -0.2) is 23.0 Å². The fourth-order valence-electron chi connectivity index (χ4n) is 3.37. The van der Waals surface area contributed by atoms with Gasteiger partial charge in [0.1, 0.15) is 11.6 Å². The molecule has 7 nitrogen and oxygen atoms in total. The molecule has 0 saturated heterocycles. The summed E-state index contributed by atoms with van der Waals surface area (Å²) < 4.78 is 42.9. The van der Waals surface area contributed by atoms with E-state index < -0.39 is 22.6 Å². The summed E-state index contributed by atoms with van der Waals surface area (Å²) in [6.45, 7) is 5.41.